The second-order valence-electron chi connectivity index (χ2n) is 4.96. The molecule has 0 radical (unpaired) electrons. The minimum absolute atomic E-state index is 0.133. The largest absolute Gasteiger partial charge is 0.481 e. The van der Waals surface area contributed by atoms with Gasteiger partial charge in [0.05, 0.1) is 11.6 Å². The molecule has 0 aliphatic carbocycles. The zero-order valence-corrected chi connectivity index (χ0v) is 12.6. The van der Waals surface area contributed by atoms with Gasteiger partial charge in [0.15, 0.2) is 6.10 Å². The van der Waals surface area contributed by atoms with E-state index in [-0.39, 0.29) is 5.91 Å². The number of hydrogen-bond acceptors (Lipinski definition) is 4. The standard InChI is InChI=1S/C17H17N3O2/c1-13(22-16-7-3-5-14(9-16)10-18)17(21)20(2)12-15-6-4-8-19-11-15/h3-9,11,13H,12H2,1-2H3. The van der Waals surface area contributed by atoms with Gasteiger partial charge in [0.1, 0.15) is 5.75 Å². The predicted octanol–water partition coefficient (Wildman–Crippen LogP) is 2.38. The Kier molecular flexibility index (Phi) is 5.10. The van der Waals surface area contributed by atoms with Gasteiger partial charge in [0, 0.05) is 26.0 Å². The first-order valence-electron chi connectivity index (χ1n) is 6.91. The molecule has 0 aliphatic rings. The van der Waals surface area contributed by atoms with Crippen LogP contribution in [-0.4, -0.2) is 28.9 Å². The Labute approximate surface area is 129 Å². The molecule has 0 fully saturated rings. The van der Waals surface area contributed by atoms with Crippen LogP contribution in [-0.2, 0) is 11.3 Å². The molecule has 0 saturated carbocycles. The molecule has 2 aromatic rings. The van der Waals surface area contributed by atoms with E-state index in [1.807, 2.05) is 18.2 Å². The summed E-state index contributed by atoms with van der Waals surface area (Å²) >= 11 is 0. The molecule has 1 unspecified atom stereocenters. The van der Waals surface area contributed by atoms with Crippen molar-refractivity contribution in [1.82, 2.24) is 9.88 Å². The van der Waals surface area contributed by atoms with Gasteiger partial charge in [0.25, 0.3) is 5.91 Å². The van der Waals surface area contributed by atoms with Crippen LogP contribution in [0.4, 0.5) is 0 Å². The maximum Gasteiger partial charge on any atom is 0.263 e. The van der Waals surface area contributed by atoms with Crippen molar-refractivity contribution in [2.75, 3.05) is 7.05 Å². The fraction of sp³-hybridized carbons (Fsp3) is 0.235. The molecule has 1 amide bonds. The van der Waals surface area contributed by atoms with Crippen LogP contribution in [0.1, 0.15) is 18.1 Å². The summed E-state index contributed by atoms with van der Waals surface area (Å²) in [6, 6.07) is 12.6. The molecule has 1 aromatic carbocycles. The molecule has 1 atom stereocenters. The Morgan fingerprint density at radius 3 is 2.91 bits per heavy atom. The van der Waals surface area contributed by atoms with Crippen LogP contribution in [0, 0.1) is 11.3 Å². The zero-order chi connectivity index (χ0) is 15.9. The summed E-state index contributed by atoms with van der Waals surface area (Å²) in [5.74, 6) is 0.376. The average Bonchev–Trinajstić information content (AvgIpc) is 2.55. The quantitative estimate of drug-likeness (QED) is 0.849. The van der Waals surface area contributed by atoms with E-state index in [1.165, 1.54) is 0 Å². The molecule has 1 aromatic heterocycles. The van der Waals surface area contributed by atoms with E-state index >= 15 is 0 Å². The Hall–Kier alpha value is -2.87. The molecule has 22 heavy (non-hydrogen) atoms. The third-order valence-corrected chi connectivity index (χ3v) is 3.14. The highest BCUT2D eigenvalue weighted by Crippen LogP contribution is 2.15. The van der Waals surface area contributed by atoms with Crippen molar-refractivity contribution in [3.05, 3.63) is 59.9 Å². The SMILES string of the molecule is CC(Oc1cccc(C#N)c1)C(=O)N(C)Cc1cccnc1. The minimum Gasteiger partial charge on any atom is -0.481 e. The molecular weight excluding hydrogens is 278 g/mol. The fourth-order valence-corrected chi connectivity index (χ4v) is 2.05. The van der Waals surface area contributed by atoms with Gasteiger partial charge >= 0.3 is 0 Å². The maximum absolute atomic E-state index is 12.3. The van der Waals surface area contributed by atoms with Crippen LogP contribution in [0.15, 0.2) is 48.8 Å². The fourth-order valence-electron chi connectivity index (χ4n) is 2.05. The maximum atomic E-state index is 12.3. The summed E-state index contributed by atoms with van der Waals surface area (Å²) in [6.45, 7) is 2.17. The summed E-state index contributed by atoms with van der Waals surface area (Å²) in [5, 5.41) is 8.87. The van der Waals surface area contributed by atoms with E-state index in [2.05, 4.69) is 4.98 Å². The number of amides is 1. The van der Waals surface area contributed by atoms with Crippen molar-refractivity contribution in [3.8, 4) is 11.8 Å². The molecule has 0 aliphatic heterocycles. The van der Waals surface area contributed by atoms with Crippen molar-refractivity contribution in [2.45, 2.75) is 19.6 Å². The molecule has 2 rings (SSSR count). The number of hydrogen-bond donors (Lipinski definition) is 0. The van der Waals surface area contributed by atoms with E-state index in [9.17, 15) is 4.79 Å². The topological polar surface area (TPSA) is 66.2 Å². The molecule has 5 heteroatoms. The Morgan fingerprint density at radius 2 is 2.23 bits per heavy atom. The van der Waals surface area contributed by atoms with Gasteiger partial charge in [0.2, 0.25) is 0 Å². The van der Waals surface area contributed by atoms with Crippen LogP contribution < -0.4 is 4.74 Å². The number of likely N-dealkylation sites (N-methyl/N-ethyl adjacent to an activating group) is 1. The summed E-state index contributed by atoms with van der Waals surface area (Å²) in [4.78, 5) is 17.9. The molecule has 112 valence electrons. The van der Waals surface area contributed by atoms with Crippen LogP contribution in [0.5, 0.6) is 5.75 Å². The van der Waals surface area contributed by atoms with Crippen LogP contribution in [0.2, 0.25) is 0 Å². The second-order valence-corrected chi connectivity index (χ2v) is 4.96. The second kappa shape index (κ2) is 7.23. The van der Waals surface area contributed by atoms with Crippen LogP contribution in [0.25, 0.3) is 0 Å². The third kappa shape index (κ3) is 4.06. The van der Waals surface area contributed by atoms with Gasteiger partial charge in [-0.1, -0.05) is 12.1 Å². The zero-order valence-electron chi connectivity index (χ0n) is 12.6. The minimum atomic E-state index is -0.629. The lowest BCUT2D eigenvalue weighted by atomic mass is 10.2. The number of rotatable bonds is 5. The van der Waals surface area contributed by atoms with E-state index in [1.54, 1.807) is 55.5 Å². The van der Waals surface area contributed by atoms with E-state index in [4.69, 9.17) is 10.00 Å². The molecule has 0 spiro atoms. The molecular formula is C17H17N3O2. The van der Waals surface area contributed by atoms with Crippen molar-refractivity contribution >= 4 is 5.91 Å². The smallest absolute Gasteiger partial charge is 0.263 e. The molecule has 5 nitrogen and oxygen atoms in total. The first kappa shape index (κ1) is 15.5. The van der Waals surface area contributed by atoms with Crippen LogP contribution in [0.3, 0.4) is 0 Å². The third-order valence-electron chi connectivity index (χ3n) is 3.14. The van der Waals surface area contributed by atoms with Gasteiger partial charge < -0.3 is 9.64 Å². The highest BCUT2D eigenvalue weighted by atomic mass is 16.5. The predicted molar refractivity (Wildman–Crippen MR) is 82.0 cm³/mol. The first-order valence-corrected chi connectivity index (χ1v) is 6.91. The van der Waals surface area contributed by atoms with Gasteiger partial charge in [-0.3, -0.25) is 9.78 Å². The number of ether oxygens (including phenoxy) is 1. The van der Waals surface area contributed by atoms with E-state index in [0.29, 0.717) is 17.9 Å². The van der Waals surface area contributed by atoms with Crippen molar-refractivity contribution in [2.24, 2.45) is 0 Å². The highest BCUT2D eigenvalue weighted by Gasteiger charge is 2.19. The van der Waals surface area contributed by atoms with Gasteiger partial charge in [-0.15, -0.1) is 0 Å². The number of pyridine rings is 1. The number of nitriles is 1. The van der Waals surface area contributed by atoms with Crippen molar-refractivity contribution in [3.63, 3.8) is 0 Å². The number of benzene rings is 1. The Balaban J connectivity index is 1.98. The van der Waals surface area contributed by atoms with Gasteiger partial charge in [-0.05, 0) is 36.8 Å². The lowest BCUT2D eigenvalue weighted by molar-refractivity contribution is -0.137. The highest BCUT2D eigenvalue weighted by molar-refractivity contribution is 5.80. The molecule has 0 saturated heterocycles. The molecule has 0 N–H and O–H groups in total. The summed E-state index contributed by atoms with van der Waals surface area (Å²) in [6.07, 6.45) is 2.79. The van der Waals surface area contributed by atoms with Gasteiger partial charge in [-0.2, -0.15) is 5.26 Å². The summed E-state index contributed by atoms with van der Waals surface area (Å²) < 4.78 is 5.62. The lowest BCUT2D eigenvalue weighted by Crippen LogP contribution is -2.37. The molecule has 0 bridgehead atoms. The Morgan fingerprint density at radius 1 is 1.41 bits per heavy atom. The summed E-state index contributed by atoms with van der Waals surface area (Å²) in [7, 11) is 1.72. The van der Waals surface area contributed by atoms with Crippen molar-refractivity contribution < 1.29 is 9.53 Å². The van der Waals surface area contributed by atoms with Crippen LogP contribution >= 0.6 is 0 Å². The average molecular weight is 295 g/mol. The number of carbonyl (C=O) groups excluding carboxylic acids is 1. The number of carbonyl (C=O) groups is 1. The van der Waals surface area contributed by atoms with E-state index < -0.39 is 6.10 Å². The number of aromatic nitrogens is 1. The first-order chi connectivity index (χ1) is 10.6. The number of nitrogens with zero attached hydrogens (tertiary/aromatic N) is 3. The Bertz CT molecular complexity index is 680. The normalized spacial score (nSPS) is 11.3. The van der Waals surface area contributed by atoms with E-state index in [0.717, 1.165) is 5.56 Å². The molecule has 1 heterocycles. The van der Waals surface area contributed by atoms with Crippen molar-refractivity contribution in [1.29, 1.82) is 5.26 Å². The monoisotopic (exact) mass is 295 g/mol. The summed E-state index contributed by atoms with van der Waals surface area (Å²) in [5.41, 5.74) is 1.46. The lowest BCUT2D eigenvalue weighted by Gasteiger charge is -2.22. The van der Waals surface area contributed by atoms with Gasteiger partial charge in [-0.25, -0.2) is 0 Å².